The molecule has 9 nitrogen and oxygen atoms in total. The summed E-state index contributed by atoms with van der Waals surface area (Å²) in [6.45, 7) is 0.963. The Kier molecular flexibility index (Phi) is 7.38. The van der Waals surface area contributed by atoms with Gasteiger partial charge in [-0.25, -0.2) is 0 Å². The van der Waals surface area contributed by atoms with Crippen molar-refractivity contribution in [2.24, 2.45) is 0 Å². The van der Waals surface area contributed by atoms with Crippen molar-refractivity contribution in [3.63, 3.8) is 0 Å². The molecule has 2 fully saturated rings. The van der Waals surface area contributed by atoms with Gasteiger partial charge in [0.25, 0.3) is 0 Å². The Hall–Kier alpha value is -5.64. The molecule has 5 aromatic heterocycles. The van der Waals surface area contributed by atoms with E-state index in [0.29, 0.717) is 61.4 Å². The summed E-state index contributed by atoms with van der Waals surface area (Å²) in [5.74, 6) is 0.422. The Bertz CT molecular complexity index is 2100. The lowest BCUT2D eigenvalue weighted by Gasteiger charge is -2.41. The van der Waals surface area contributed by atoms with Gasteiger partial charge < -0.3 is 14.0 Å². The molecule has 7 heterocycles. The molecule has 0 aliphatic carbocycles. The van der Waals surface area contributed by atoms with Crippen LogP contribution in [0.4, 0.5) is 0 Å². The fraction of sp³-hybridized carbons (Fsp3) is 0.238. The van der Waals surface area contributed by atoms with Crippen LogP contribution in [0.2, 0.25) is 0 Å². The Morgan fingerprint density at radius 1 is 0.529 bits per heavy atom. The van der Waals surface area contributed by atoms with Crippen molar-refractivity contribution in [2.75, 3.05) is 13.1 Å². The zero-order chi connectivity index (χ0) is 34.7. The van der Waals surface area contributed by atoms with Crippen molar-refractivity contribution in [1.29, 1.82) is 0 Å². The molecule has 0 radical (unpaired) electrons. The van der Waals surface area contributed by atoms with Crippen LogP contribution in [0.3, 0.4) is 0 Å². The third-order valence-corrected chi connectivity index (χ3v) is 11.3. The normalized spacial score (nSPS) is 20.9. The lowest BCUT2D eigenvalue weighted by Crippen LogP contribution is -2.54. The number of carbonyl (C=O) groups excluding carboxylic acids is 4. The number of carbonyl (C=O) groups is 4. The van der Waals surface area contributed by atoms with Crippen molar-refractivity contribution in [1.82, 2.24) is 18.9 Å². The SMILES string of the molecule is O=CC(c1ccccc1)(c1ccc([C@@](C=O)(c2ccccc2)N2CCCC2C(=O)n2c3ccc2cc3)o1)N1CCCC1C(=O)n1c2ccc1cc2. The quantitative estimate of drug-likeness (QED) is 0.152. The zero-order valence-electron chi connectivity index (χ0n) is 27.9. The molecule has 0 saturated carbocycles. The molecule has 2 aromatic carbocycles. The van der Waals surface area contributed by atoms with Crippen molar-refractivity contribution < 1.29 is 23.6 Å². The highest BCUT2D eigenvalue weighted by Crippen LogP contribution is 2.45. The van der Waals surface area contributed by atoms with Crippen molar-refractivity contribution in [3.8, 4) is 0 Å². The third-order valence-electron chi connectivity index (χ3n) is 11.3. The monoisotopic (exact) mass is 676 g/mol. The summed E-state index contributed by atoms with van der Waals surface area (Å²) in [6.07, 6.45) is 4.31. The van der Waals surface area contributed by atoms with Crippen LogP contribution in [0.5, 0.6) is 0 Å². The molecule has 2 aliphatic heterocycles. The number of benzene rings is 4. The second kappa shape index (κ2) is 12.0. The summed E-state index contributed by atoms with van der Waals surface area (Å²) in [5, 5.41) is 0. The number of rotatable bonds is 10. The Balaban J connectivity index is 1.19. The second-order valence-corrected chi connectivity index (χ2v) is 13.7. The first-order chi connectivity index (χ1) is 25.0. The molecule has 0 N–H and O–H groups in total. The van der Waals surface area contributed by atoms with E-state index in [1.807, 2.05) is 119 Å². The van der Waals surface area contributed by atoms with E-state index in [-0.39, 0.29) is 11.8 Å². The van der Waals surface area contributed by atoms with Gasteiger partial charge in [-0.2, -0.15) is 0 Å². The van der Waals surface area contributed by atoms with Crippen LogP contribution >= 0.6 is 0 Å². The molecule has 2 saturated heterocycles. The van der Waals surface area contributed by atoms with Gasteiger partial charge in [-0.1, -0.05) is 60.7 Å². The number of aldehydes is 2. The lowest BCUT2D eigenvalue weighted by atomic mass is 9.85. The molecule has 0 amide bonds. The summed E-state index contributed by atoms with van der Waals surface area (Å²) in [4.78, 5) is 60.2. The molecule has 51 heavy (non-hydrogen) atoms. The van der Waals surface area contributed by atoms with Crippen LogP contribution < -0.4 is 0 Å². The van der Waals surface area contributed by atoms with E-state index >= 15 is 0 Å². The van der Waals surface area contributed by atoms with Crippen LogP contribution in [0, 0.1) is 0 Å². The number of furan rings is 1. The number of fused-ring (bicyclic) bond motifs is 4. The fourth-order valence-electron chi connectivity index (χ4n) is 8.92. The van der Waals surface area contributed by atoms with E-state index in [9.17, 15) is 19.2 Å². The van der Waals surface area contributed by atoms with Gasteiger partial charge in [0.15, 0.2) is 23.7 Å². The van der Waals surface area contributed by atoms with E-state index in [1.54, 1.807) is 21.3 Å². The predicted octanol–water partition coefficient (Wildman–Crippen LogP) is 6.56. The van der Waals surface area contributed by atoms with Gasteiger partial charge in [-0.3, -0.25) is 28.5 Å². The summed E-state index contributed by atoms with van der Waals surface area (Å²) < 4.78 is 10.3. The number of hydrogen-bond donors (Lipinski definition) is 0. The van der Waals surface area contributed by atoms with Crippen molar-refractivity contribution in [3.05, 3.63) is 144 Å². The van der Waals surface area contributed by atoms with Gasteiger partial charge in [-0.05, 0) is 97.5 Å². The van der Waals surface area contributed by atoms with Crippen LogP contribution in [-0.4, -0.2) is 68.5 Å². The van der Waals surface area contributed by atoms with Gasteiger partial charge in [-0.15, -0.1) is 0 Å². The first kappa shape index (κ1) is 31.3. The molecule has 9 rings (SSSR count). The molecule has 254 valence electrons. The molecule has 0 spiro atoms. The number of likely N-dealkylation sites (tertiary alicyclic amines) is 2. The van der Waals surface area contributed by atoms with Crippen molar-refractivity contribution >= 4 is 46.5 Å². The highest BCUT2D eigenvalue weighted by Gasteiger charge is 2.54. The molecule has 9 heteroatoms. The van der Waals surface area contributed by atoms with Crippen LogP contribution in [0.15, 0.2) is 126 Å². The fourth-order valence-corrected chi connectivity index (χ4v) is 8.92. The minimum atomic E-state index is -1.48. The summed E-state index contributed by atoms with van der Waals surface area (Å²) in [5.41, 5.74) is 1.63. The van der Waals surface area contributed by atoms with Gasteiger partial charge >= 0.3 is 0 Å². The summed E-state index contributed by atoms with van der Waals surface area (Å²) >= 11 is 0. The summed E-state index contributed by atoms with van der Waals surface area (Å²) in [7, 11) is 0. The van der Waals surface area contributed by atoms with Gasteiger partial charge in [0.2, 0.25) is 11.8 Å². The Labute approximate surface area is 294 Å². The molecular weight excluding hydrogens is 640 g/mol. The van der Waals surface area contributed by atoms with Crippen LogP contribution in [0.1, 0.15) is 57.9 Å². The van der Waals surface area contributed by atoms with Crippen LogP contribution in [-0.2, 0) is 20.7 Å². The number of aromatic nitrogens is 2. The molecule has 4 bridgehead atoms. The van der Waals surface area contributed by atoms with E-state index in [0.717, 1.165) is 34.6 Å². The topological polar surface area (TPSA) is 97.8 Å². The highest BCUT2D eigenvalue weighted by atomic mass is 16.3. The third kappa shape index (κ3) is 4.48. The minimum Gasteiger partial charge on any atom is -0.460 e. The summed E-state index contributed by atoms with van der Waals surface area (Å²) in [6, 6.07) is 36.5. The Morgan fingerprint density at radius 3 is 1.22 bits per heavy atom. The van der Waals surface area contributed by atoms with E-state index < -0.39 is 23.2 Å². The van der Waals surface area contributed by atoms with Crippen LogP contribution in [0.25, 0.3) is 22.1 Å². The lowest BCUT2D eigenvalue weighted by molar-refractivity contribution is -0.118. The van der Waals surface area contributed by atoms with Gasteiger partial charge in [0.05, 0.1) is 12.1 Å². The maximum Gasteiger partial charge on any atom is 0.248 e. The largest absolute Gasteiger partial charge is 0.460 e. The first-order valence-electron chi connectivity index (χ1n) is 17.6. The zero-order valence-corrected chi connectivity index (χ0v) is 27.9. The Morgan fingerprint density at radius 2 is 0.882 bits per heavy atom. The van der Waals surface area contributed by atoms with Gasteiger partial charge in [0.1, 0.15) is 11.5 Å². The van der Waals surface area contributed by atoms with E-state index in [2.05, 4.69) is 0 Å². The molecule has 3 unspecified atom stereocenters. The molecule has 2 aliphatic rings. The molecule has 4 atom stereocenters. The molecule has 7 aromatic rings. The average molecular weight is 677 g/mol. The maximum atomic E-state index is 14.3. The van der Waals surface area contributed by atoms with Gasteiger partial charge in [0, 0.05) is 35.2 Å². The smallest absolute Gasteiger partial charge is 0.248 e. The highest BCUT2D eigenvalue weighted by molar-refractivity contribution is 5.97. The number of nitrogens with zero attached hydrogens (tertiary/aromatic N) is 4. The van der Waals surface area contributed by atoms with Crippen molar-refractivity contribution in [2.45, 2.75) is 48.8 Å². The standard InChI is InChI=1S/C42H36N4O5/c47-27-41(29-9-3-1-4-10-29,43-25-7-13-35(43)39(49)45-31-15-16-32(45)18-17-31)37-23-24-38(51-37)42(28-48,30-11-5-2-6-12-30)44-26-8-14-36(44)40(50)46-33-19-20-34(46)22-21-33/h1-6,9-12,15-24,27-28,35-36H,7-8,13-14,25-26H2/t35?,36?,41-,42?/m1/s1. The predicted molar refractivity (Wildman–Crippen MR) is 192 cm³/mol. The maximum absolute atomic E-state index is 14.3. The van der Waals surface area contributed by atoms with E-state index in [4.69, 9.17) is 4.42 Å². The first-order valence-corrected chi connectivity index (χ1v) is 17.6. The second-order valence-electron chi connectivity index (χ2n) is 13.7. The van der Waals surface area contributed by atoms with E-state index in [1.165, 1.54) is 0 Å². The number of hydrogen-bond acceptors (Lipinski definition) is 7. The average Bonchev–Trinajstić information content (AvgIpc) is 4.04. The minimum absolute atomic E-state index is 0.0954. The molecular formula is C42H36N4O5.